The number of esters is 1. The van der Waals surface area contributed by atoms with Crippen molar-refractivity contribution < 1.29 is 14.6 Å². The second kappa shape index (κ2) is 4.49. The van der Waals surface area contributed by atoms with E-state index in [-0.39, 0.29) is 6.10 Å². The molecule has 1 aromatic rings. The minimum Gasteiger partial charge on any atom is -0.464 e. The van der Waals surface area contributed by atoms with Gasteiger partial charge in [-0.1, -0.05) is 0 Å². The quantitative estimate of drug-likeness (QED) is 0.736. The molecule has 5 heteroatoms. The monoisotopic (exact) mass is 222 g/mol. The summed E-state index contributed by atoms with van der Waals surface area (Å²) >= 11 is 0. The third kappa shape index (κ3) is 2.14. The molecule has 1 atom stereocenters. The van der Waals surface area contributed by atoms with Crippen molar-refractivity contribution in [3.05, 3.63) is 24.0 Å². The van der Waals surface area contributed by atoms with E-state index in [0.717, 1.165) is 18.7 Å². The molecule has 1 fully saturated rings. The number of pyridine rings is 1. The van der Waals surface area contributed by atoms with Crippen LogP contribution in [0.5, 0.6) is 0 Å². The van der Waals surface area contributed by atoms with Gasteiger partial charge in [0, 0.05) is 25.0 Å². The number of aliphatic hydroxyl groups is 1. The zero-order chi connectivity index (χ0) is 11.5. The van der Waals surface area contributed by atoms with Crippen molar-refractivity contribution >= 4 is 11.7 Å². The average Bonchev–Trinajstić information content (AvgIpc) is 2.75. The fraction of sp³-hybridized carbons (Fsp3) is 0.455. The van der Waals surface area contributed by atoms with Crippen molar-refractivity contribution in [2.75, 3.05) is 25.1 Å². The third-order valence-corrected chi connectivity index (χ3v) is 2.67. The molecule has 0 bridgehead atoms. The van der Waals surface area contributed by atoms with Crippen LogP contribution in [-0.2, 0) is 4.74 Å². The van der Waals surface area contributed by atoms with Gasteiger partial charge in [0.1, 0.15) is 5.69 Å². The lowest BCUT2D eigenvalue weighted by molar-refractivity contribution is 0.0594. The van der Waals surface area contributed by atoms with E-state index in [9.17, 15) is 9.90 Å². The maximum absolute atomic E-state index is 11.3. The van der Waals surface area contributed by atoms with Crippen LogP contribution in [0.15, 0.2) is 18.3 Å². The van der Waals surface area contributed by atoms with Gasteiger partial charge in [0.2, 0.25) is 0 Å². The highest BCUT2D eigenvalue weighted by Crippen LogP contribution is 2.20. The number of hydrogen-bond donors (Lipinski definition) is 1. The summed E-state index contributed by atoms with van der Waals surface area (Å²) in [6.45, 7) is 1.40. The number of carbonyl (C=O) groups is 1. The Kier molecular flexibility index (Phi) is 3.05. The zero-order valence-corrected chi connectivity index (χ0v) is 9.09. The summed E-state index contributed by atoms with van der Waals surface area (Å²) in [6.07, 6.45) is 2.05. The molecule has 0 saturated carbocycles. The maximum atomic E-state index is 11.3. The average molecular weight is 222 g/mol. The number of rotatable bonds is 2. The summed E-state index contributed by atoms with van der Waals surface area (Å²) < 4.78 is 4.61. The topological polar surface area (TPSA) is 62.7 Å². The molecule has 0 spiro atoms. The maximum Gasteiger partial charge on any atom is 0.356 e. The molecular formula is C11H14N2O3. The van der Waals surface area contributed by atoms with Gasteiger partial charge in [-0.3, -0.25) is 0 Å². The summed E-state index contributed by atoms with van der Waals surface area (Å²) in [6, 6.07) is 3.51. The van der Waals surface area contributed by atoms with Gasteiger partial charge in [0.05, 0.1) is 13.2 Å². The molecule has 1 N–H and O–H groups in total. The van der Waals surface area contributed by atoms with Crippen molar-refractivity contribution in [1.29, 1.82) is 0 Å². The summed E-state index contributed by atoms with van der Waals surface area (Å²) in [5, 5.41) is 9.44. The molecule has 1 saturated heterocycles. The number of ether oxygens (including phenoxy) is 1. The van der Waals surface area contributed by atoms with Crippen LogP contribution in [0.25, 0.3) is 0 Å². The Hall–Kier alpha value is -1.62. The number of carbonyl (C=O) groups excluding carboxylic acids is 1. The normalized spacial score (nSPS) is 19.9. The zero-order valence-electron chi connectivity index (χ0n) is 9.09. The molecule has 0 radical (unpaired) electrons. The molecule has 0 amide bonds. The first kappa shape index (κ1) is 10.9. The van der Waals surface area contributed by atoms with E-state index in [1.807, 2.05) is 11.0 Å². The van der Waals surface area contributed by atoms with Gasteiger partial charge in [-0.15, -0.1) is 0 Å². The van der Waals surface area contributed by atoms with Crippen LogP contribution in [0.3, 0.4) is 0 Å². The minimum absolute atomic E-state index is 0.283. The highest BCUT2D eigenvalue weighted by Gasteiger charge is 2.21. The van der Waals surface area contributed by atoms with Crippen LogP contribution < -0.4 is 4.90 Å². The van der Waals surface area contributed by atoms with Crippen molar-refractivity contribution in [2.45, 2.75) is 12.5 Å². The van der Waals surface area contributed by atoms with Gasteiger partial charge in [-0.2, -0.15) is 0 Å². The van der Waals surface area contributed by atoms with Crippen molar-refractivity contribution in [1.82, 2.24) is 4.98 Å². The van der Waals surface area contributed by atoms with E-state index in [1.165, 1.54) is 7.11 Å². The van der Waals surface area contributed by atoms with E-state index >= 15 is 0 Å². The summed E-state index contributed by atoms with van der Waals surface area (Å²) in [4.78, 5) is 17.3. The van der Waals surface area contributed by atoms with Crippen molar-refractivity contribution in [3.8, 4) is 0 Å². The number of hydrogen-bond acceptors (Lipinski definition) is 5. The lowest BCUT2D eigenvalue weighted by Gasteiger charge is -2.17. The van der Waals surface area contributed by atoms with Crippen LogP contribution in [0.4, 0.5) is 5.69 Å². The fourth-order valence-corrected chi connectivity index (χ4v) is 1.81. The third-order valence-electron chi connectivity index (χ3n) is 2.67. The molecule has 1 unspecified atom stereocenters. The van der Waals surface area contributed by atoms with Crippen molar-refractivity contribution in [3.63, 3.8) is 0 Å². The number of aliphatic hydroxyl groups excluding tert-OH is 1. The van der Waals surface area contributed by atoms with E-state index in [1.54, 1.807) is 12.3 Å². The predicted molar refractivity (Wildman–Crippen MR) is 58.4 cm³/mol. The van der Waals surface area contributed by atoms with Gasteiger partial charge in [0.15, 0.2) is 0 Å². The first-order chi connectivity index (χ1) is 7.70. The second-order valence-electron chi connectivity index (χ2n) is 3.78. The minimum atomic E-state index is -0.443. The molecule has 86 valence electrons. The lowest BCUT2D eigenvalue weighted by Crippen LogP contribution is -2.21. The fourth-order valence-electron chi connectivity index (χ4n) is 1.81. The molecule has 2 heterocycles. The summed E-state index contributed by atoms with van der Waals surface area (Å²) in [7, 11) is 1.33. The molecule has 16 heavy (non-hydrogen) atoms. The highest BCUT2D eigenvalue weighted by molar-refractivity contribution is 5.88. The Morgan fingerprint density at radius 3 is 3.12 bits per heavy atom. The van der Waals surface area contributed by atoms with Gasteiger partial charge < -0.3 is 14.7 Å². The Labute approximate surface area is 93.7 Å². The van der Waals surface area contributed by atoms with Gasteiger partial charge >= 0.3 is 5.97 Å². The van der Waals surface area contributed by atoms with E-state index in [2.05, 4.69) is 9.72 Å². The molecule has 1 aliphatic rings. The molecular weight excluding hydrogens is 208 g/mol. The van der Waals surface area contributed by atoms with Crippen LogP contribution in [0.1, 0.15) is 16.9 Å². The van der Waals surface area contributed by atoms with Gasteiger partial charge in [-0.05, 0) is 18.6 Å². The van der Waals surface area contributed by atoms with Crippen molar-refractivity contribution in [2.24, 2.45) is 0 Å². The number of anilines is 1. The first-order valence-corrected chi connectivity index (χ1v) is 5.18. The van der Waals surface area contributed by atoms with Crippen LogP contribution in [0, 0.1) is 0 Å². The predicted octanol–water partition coefficient (Wildman–Crippen LogP) is 0.439. The number of aromatic nitrogens is 1. The number of β-amino-alcohol motifs (C(OH)–C–C–N with tert-alkyl or cyclic N) is 1. The van der Waals surface area contributed by atoms with E-state index in [4.69, 9.17) is 0 Å². The van der Waals surface area contributed by atoms with Gasteiger partial charge in [0.25, 0.3) is 0 Å². The number of nitrogens with zero attached hydrogens (tertiary/aromatic N) is 2. The molecule has 1 aliphatic heterocycles. The number of methoxy groups -OCH3 is 1. The summed E-state index contributed by atoms with van der Waals surface area (Å²) in [5.41, 5.74) is 1.19. The standard InChI is InChI=1S/C11H14N2O3/c1-16-11(15)10-6-8(2-4-12-10)13-5-3-9(14)7-13/h2,4,6,9,14H,3,5,7H2,1H3. The SMILES string of the molecule is COC(=O)c1cc(N2CCC(O)C2)ccn1. The Bertz CT molecular complexity index is 395. The molecule has 0 aliphatic carbocycles. The largest absolute Gasteiger partial charge is 0.464 e. The smallest absolute Gasteiger partial charge is 0.356 e. The first-order valence-electron chi connectivity index (χ1n) is 5.18. The molecule has 0 aromatic carbocycles. The highest BCUT2D eigenvalue weighted by atomic mass is 16.5. The summed E-state index contributed by atoms with van der Waals surface area (Å²) in [5.74, 6) is -0.443. The van der Waals surface area contributed by atoms with E-state index < -0.39 is 5.97 Å². The van der Waals surface area contributed by atoms with Crippen LogP contribution in [-0.4, -0.2) is 42.4 Å². The Morgan fingerprint density at radius 1 is 1.69 bits per heavy atom. The van der Waals surface area contributed by atoms with Crippen LogP contribution in [0.2, 0.25) is 0 Å². The van der Waals surface area contributed by atoms with E-state index in [0.29, 0.717) is 12.2 Å². The molecule has 2 rings (SSSR count). The van der Waals surface area contributed by atoms with Crippen LogP contribution >= 0.6 is 0 Å². The molecule has 5 nitrogen and oxygen atoms in total. The van der Waals surface area contributed by atoms with Gasteiger partial charge in [-0.25, -0.2) is 9.78 Å². The Morgan fingerprint density at radius 2 is 2.50 bits per heavy atom. The Balaban J connectivity index is 2.19. The molecule has 1 aromatic heterocycles. The second-order valence-corrected chi connectivity index (χ2v) is 3.78. The lowest BCUT2D eigenvalue weighted by atomic mass is 10.3.